The molecule has 83 valence electrons. The predicted molar refractivity (Wildman–Crippen MR) is 77.8 cm³/mol. The van der Waals surface area contributed by atoms with Crippen molar-refractivity contribution < 1.29 is 0 Å². The lowest BCUT2D eigenvalue weighted by Gasteiger charge is -2.07. The van der Waals surface area contributed by atoms with E-state index in [1.807, 2.05) is 0 Å². The number of hydrogen-bond donors (Lipinski definition) is 0. The van der Waals surface area contributed by atoms with Crippen LogP contribution in [-0.4, -0.2) is 0 Å². The van der Waals surface area contributed by atoms with Crippen molar-refractivity contribution in [3.8, 4) is 0 Å². The first kappa shape index (κ1) is 9.67. The number of fused-ring (bicyclic) bond motifs is 5. The summed E-state index contributed by atoms with van der Waals surface area (Å²) >= 11 is 0. The molecule has 0 heterocycles. The minimum Gasteiger partial charge on any atom is -0.0616 e. The van der Waals surface area contributed by atoms with Gasteiger partial charge in [-0.1, -0.05) is 60.7 Å². The monoisotopic (exact) mass is 227 g/mol. The van der Waals surface area contributed by atoms with Crippen LogP contribution in [0.3, 0.4) is 0 Å². The lowest BCUT2D eigenvalue weighted by molar-refractivity contribution is 1.77. The molecule has 0 saturated carbocycles. The summed E-state index contributed by atoms with van der Waals surface area (Å²) in [5.74, 6) is 0. The number of rotatable bonds is 0. The van der Waals surface area contributed by atoms with Crippen LogP contribution in [0.5, 0.6) is 0 Å². The summed E-state index contributed by atoms with van der Waals surface area (Å²) in [5.41, 5.74) is 0. The molecular weight excluding hydrogens is 216 g/mol. The minimum atomic E-state index is 1.19. The molecule has 0 atom stereocenters. The van der Waals surface area contributed by atoms with Crippen molar-refractivity contribution in [3.05, 3.63) is 72.8 Å². The molecule has 0 bridgehead atoms. The molecule has 4 aromatic rings. The summed E-state index contributed by atoms with van der Waals surface area (Å²) < 4.78 is 0. The van der Waals surface area contributed by atoms with Crippen molar-refractivity contribution in [3.63, 3.8) is 0 Å². The van der Waals surface area contributed by atoms with E-state index in [-0.39, 0.29) is 0 Å². The third-order valence-corrected chi connectivity index (χ3v) is 3.54. The van der Waals surface area contributed by atoms with Gasteiger partial charge in [0, 0.05) is 0 Å². The lowest BCUT2D eigenvalue weighted by Crippen LogP contribution is -1.80. The average Bonchev–Trinajstić information content (AvgIpc) is 2.46. The third kappa shape index (κ3) is 1.26. The van der Waals surface area contributed by atoms with Crippen molar-refractivity contribution in [2.24, 2.45) is 0 Å². The molecule has 0 spiro atoms. The Kier molecular flexibility index (Phi) is 1.92. The Bertz CT molecular complexity index is 802. The molecule has 4 aromatic carbocycles. The maximum absolute atomic E-state index is 3.39. The molecule has 18 heavy (non-hydrogen) atoms. The molecule has 0 aliphatic carbocycles. The van der Waals surface area contributed by atoms with Gasteiger partial charge in [-0.25, -0.2) is 0 Å². The van der Waals surface area contributed by atoms with E-state index in [9.17, 15) is 0 Å². The van der Waals surface area contributed by atoms with E-state index in [0.717, 1.165) is 0 Å². The Hall–Kier alpha value is -2.34. The molecule has 0 N–H and O–H groups in total. The van der Waals surface area contributed by atoms with Crippen LogP contribution >= 0.6 is 0 Å². The van der Waals surface area contributed by atoms with Gasteiger partial charge in [-0.2, -0.15) is 0 Å². The van der Waals surface area contributed by atoms with Gasteiger partial charge in [0.15, 0.2) is 0 Å². The van der Waals surface area contributed by atoms with E-state index in [2.05, 4.69) is 72.8 Å². The largest absolute Gasteiger partial charge is 0.0616 e. The average molecular weight is 227 g/mol. The quantitative estimate of drug-likeness (QED) is 0.373. The first-order valence-electron chi connectivity index (χ1n) is 6.14. The Morgan fingerprint density at radius 3 is 2.11 bits per heavy atom. The molecular formula is C18H11. The van der Waals surface area contributed by atoms with E-state index in [4.69, 9.17) is 0 Å². The van der Waals surface area contributed by atoms with Crippen LogP contribution < -0.4 is 0 Å². The highest BCUT2D eigenvalue weighted by Gasteiger charge is 2.04. The van der Waals surface area contributed by atoms with Crippen LogP contribution in [0, 0.1) is 6.07 Å². The zero-order valence-corrected chi connectivity index (χ0v) is 9.85. The van der Waals surface area contributed by atoms with Gasteiger partial charge >= 0.3 is 0 Å². The predicted octanol–water partition coefficient (Wildman–Crippen LogP) is 4.95. The highest BCUT2D eigenvalue weighted by molar-refractivity contribution is 6.19. The van der Waals surface area contributed by atoms with Crippen molar-refractivity contribution in [1.29, 1.82) is 0 Å². The van der Waals surface area contributed by atoms with Crippen molar-refractivity contribution in [2.45, 2.75) is 0 Å². The summed E-state index contributed by atoms with van der Waals surface area (Å²) in [6.07, 6.45) is 0. The van der Waals surface area contributed by atoms with Crippen molar-refractivity contribution in [1.82, 2.24) is 0 Å². The van der Waals surface area contributed by atoms with Gasteiger partial charge in [0.05, 0.1) is 0 Å². The molecule has 0 saturated heterocycles. The zero-order valence-electron chi connectivity index (χ0n) is 9.85. The molecule has 1 radical (unpaired) electrons. The molecule has 0 nitrogen and oxygen atoms in total. The maximum atomic E-state index is 3.39. The highest BCUT2D eigenvalue weighted by Crippen LogP contribution is 2.31. The second-order valence-electron chi connectivity index (χ2n) is 4.59. The molecule has 0 amide bonds. The molecule has 0 unspecified atom stereocenters. The molecule has 0 heteroatoms. The second kappa shape index (κ2) is 3.58. The Balaban J connectivity index is 2.38. The summed E-state index contributed by atoms with van der Waals surface area (Å²) in [5, 5.41) is 7.65. The van der Waals surface area contributed by atoms with E-state index >= 15 is 0 Å². The van der Waals surface area contributed by atoms with E-state index in [0.29, 0.717) is 0 Å². The smallest absolute Gasteiger partial charge is 0.00206 e. The van der Waals surface area contributed by atoms with Crippen LogP contribution in [-0.2, 0) is 0 Å². The molecule has 0 aliphatic heterocycles. The topological polar surface area (TPSA) is 0 Å². The van der Waals surface area contributed by atoms with E-state index in [1.54, 1.807) is 0 Å². The fourth-order valence-corrected chi connectivity index (χ4v) is 2.69. The van der Waals surface area contributed by atoms with Crippen LogP contribution in [0.25, 0.3) is 32.3 Å². The van der Waals surface area contributed by atoms with E-state index < -0.39 is 0 Å². The first-order valence-corrected chi connectivity index (χ1v) is 6.14. The maximum Gasteiger partial charge on any atom is -0.00206 e. The molecule has 0 aliphatic rings. The third-order valence-electron chi connectivity index (χ3n) is 3.54. The molecule has 0 aromatic heterocycles. The van der Waals surface area contributed by atoms with Crippen LogP contribution in [0.15, 0.2) is 66.7 Å². The second-order valence-corrected chi connectivity index (χ2v) is 4.59. The van der Waals surface area contributed by atoms with Gasteiger partial charge in [0.25, 0.3) is 0 Å². The van der Waals surface area contributed by atoms with Gasteiger partial charge in [0.2, 0.25) is 0 Å². The first-order chi connectivity index (χ1) is 8.93. The van der Waals surface area contributed by atoms with E-state index in [1.165, 1.54) is 32.3 Å². The summed E-state index contributed by atoms with van der Waals surface area (Å²) in [4.78, 5) is 0. The van der Waals surface area contributed by atoms with Crippen molar-refractivity contribution >= 4 is 32.3 Å². The lowest BCUT2D eigenvalue weighted by atomic mass is 9.97. The van der Waals surface area contributed by atoms with Gasteiger partial charge in [-0.15, -0.1) is 0 Å². The van der Waals surface area contributed by atoms with Gasteiger partial charge in [0.1, 0.15) is 0 Å². The van der Waals surface area contributed by atoms with Gasteiger partial charge < -0.3 is 0 Å². The number of benzene rings is 4. The zero-order chi connectivity index (χ0) is 11.9. The van der Waals surface area contributed by atoms with Crippen LogP contribution in [0.2, 0.25) is 0 Å². The summed E-state index contributed by atoms with van der Waals surface area (Å²) in [7, 11) is 0. The minimum absolute atomic E-state index is 1.19. The fourth-order valence-electron chi connectivity index (χ4n) is 2.69. The summed E-state index contributed by atoms with van der Waals surface area (Å²) in [6, 6.07) is 26.8. The van der Waals surface area contributed by atoms with Crippen molar-refractivity contribution in [2.75, 3.05) is 0 Å². The summed E-state index contributed by atoms with van der Waals surface area (Å²) in [6.45, 7) is 0. The van der Waals surface area contributed by atoms with Crippen LogP contribution in [0.4, 0.5) is 0 Å². The molecule has 4 rings (SSSR count). The fraction of sp³-hybridized carbons (Fsp3) is 0. The Morgan fingerprint density at radius 1 is 0.611 bits per heavy atom. The SMILES string of the molecule is [c]1cc2ccccc2c2c1ccc1ccccc12. The standard InChI is InChI=1S/C18H11/c1-3-7-16-13(5-1)9-11-15-12-10-14-6-2-4-8-17(14)18(15)16/h1-11H. The van der Waals surface area contributed by atoms with Gasteiger partial charge in [-0.3, -0.25) is 0 Å². The molecule has 0 fully saturated rings. The van der Waals surface area contributed by atoms with Crippen LogP contribution in [0.1, 0.15) is 0 Å². The highest BCUT2D eigenvalue weighted by atomic mass is 14.1. The number of hydrogen-bond acceptors (Lipinski definition) is 0. The Labute approximate surface area is 105 Å². The normalized spacial score (nSPS) is 11.3. The Morgan fingerprint density at radius 2 is 1.28 bits per heavy atom. The van der Waals surface area contributed by atoms with Gasteiger partial charge in [-0.05, 0) is 44.5 Å².